The van der Waals surface area contributed by atoms with Crippen molar-refractivity contribution in [1.29, 1.82) is 5.26 Å². The van der Waals surface area contributed by atoms with E-state index in [0.29, 0.717) is 22.6 Å². The molecule has 0 bridgehead atoms. The van der Waals surface area contributed by atoms with Crippen LogP contribution in [0.25, 0.3) is 0 Å². The molecular formula is C21H23FN2O3. The van der Waals surface area contributed by atoms with Crippen molar-refractivity contribution in [3.05, 3.63) is 59.4 Å². The predicted molar refractivity (Wildman–Crippen MR) is 100 cm³/mol. The summed E-state index contributed by atoms with van der Waals surface area (Å²) >= 11 is 0. The number of rotatable bonds is 4. The van der Waals surface area contributed by atoms with E-state index in [1.165, 1.54) is 12.1 Å². The van der Waals surface area contributed by atoms with Crippen molar-refractivity contribution >= 4 is 5.69 Å². The van der Waals surface area contributed by atoms with Gasteiger partial charge in [-0.15, -0.1) is 0 Å². The Bertz CT molecular complexity index is 859. The molecule has 1 aliphatic rings. The summed E-state index contributed by atoms with van der Waals surface area (Å²) in [6, 6.07) is 12.5. The van der Waals surface area contributed by atoms with E-state index in [2.05, 4.69) is 6.07 Å². The quantitative estimate of drug-likeness (QED) is 0.865. The highest BCUT2D eigenvalue weighted by Gasteiger charge is 2.45. The number of nitrogens with zero attached hydrogens (tertiary/aromatic N) is 2. The first kappa shape index (κ1) is 19.2. The largest absolute Gasteiger partial charge is 0.485 e. The van der Waals surface area contributed by atoms with Crippen molar-refractivity contribution in [2.45, 2.75) is 44.6 Å². The molecule has 0 saturated heterocycles. The first-order chi connectivity index (χ1) is 12.7. The van der Waals surface area contributed by atoms with Crippen LogP contribution < -0.4 is 9.64 Å². The van der Waals surface area contributed by atoms with Gasteiger partial charge in [0.15, 0.2) is 0 Å². The minimum Gasteiger partial charge on any atom is -0.485 e. The van der Waals surface area contributed by atoms with Crippen molar-refractivity contribution < 1.29 is 19.3 Å². The second-order valence-electron chi connectivity index (χ2n) is 7.44. The Morgan fingerprint density at radius 3 is 2.52 bits per heavy atom. The van der Waals surface area contributed by atoms with Gasteiger partial charge in [0.25, 0.3) is 0 Å². The Morgan fingerprint density at radius 2 is 1.93 bits per heavy atom. The molecule has 6 heteroatoms. The molecule has 0 amide bonds. The zero-order chi connectivity index (χ0) is 19.8. The van der Waals surface area contributed by atoms with Crippen LogP contribution in [0.2, 0.25) is 0 Å². The van der Waals surface area contributed by atoms with Gasteiger partial charge in [-0.1, -0.05) is 0 Å². The van der Waals surface area contributed by atoms with Crippen molar-refractivity contribution in [3.8, 4) is 11.8 Å². The molecule has 0 radical (unpaired) electrons. The highest BCUT2D eigenvalue weighted by atomic mass is 19.1. The van der Waals surface area contributed by atoms with Gasteiger partial charge in [0, 0.05) is 17.8 Å². The van der Waals surface area contributed by atoms with E-state index in [4.69, 9.17) is 4.74 Å². The first-order valence-electron chi connectivity index (χ1n) is 8.84. The van der Waals surface area contributed by atoms with Gasteiger partial charge in [0.05, 0.1) is 23.8 Å². The molecule has 142 valence electrons. The molecule has 0 spiro atoms. The van der Waals surface area contributed by atoms with E-state index >= 15 is 0 Å². The average molecular weight is 370 g/mol. The van der Waals surface area contributed by atoms with Crippen LogP contribution in [0.4, 0.5) is 10.1 Å². The molecule has 0 saturated carbocycles. The van der Waals surface area contributed by atoms with Gasteiger partial charge >= 0.3 is 0 Å². The summed E-state index contributed by atoms with van der Waals surface area (Å²) in [7, 11) is 0. The second-order valence-corrected chi connectivity index (χ2v) is 7.44. The van der Waals surface area contributed by atoms with E-state index in [0.717, 1.165) is 0 Å². The maximum absolute atomic E-state index is 13.4. The van der Waals surface area contributed by atoms with Crippen molar-refractivity contribution in [1.82, 2.24) is 0 Å². The van der Waals surface area contributed by atoms with Crippen molar-refractivity contribution in [2.75, 3.05) is 11.4 Å². The lowest BCUT2D eigenvalue weighted by Crippen LogP contribution is -2.54. The van der Waals surface area contributed by atoms with Crippen molar-refractivity contribution in [2.24, 2.45) is 0 Å². The Balaban J connectivity index is 2.17. The molecule has 1 aliphatic heterocycles. The number of anilines is 1. The molecule has 0 fully saturated rings. The molecule has 3 atom stereocenters. The number of halogens is 1. The van der Waals surface area contributed by atoms with Crippen molar-refractivity contribution in [3.63, 3.8) is 0 Å². The second kappa shape index (κ2) is 7.18. The highest BCUT2D eigenvalue weighted by molar-refractivity contribution is 5.55. The summed E-state index contributed by atoms with van der Waals surface area (Å²) < 4.78 is 19.4. The SMILES string of the molecule is CC(O)CN(c1ccc(F)cc1)[C@H]1c2cc(C#N)ccc2OC(C)(C)[C@@H]1O. The molecule has 2 aromatic rings. The average Bonchev–Trinajstić information content (AvgIpc) is 2.61. The van der Waals surface area contributed by atoms with Gasteiger partial charge in [0.1, 0.15) is 23.3 Å². The Hall–Kier alpha value is -2.62. The summed E-state index contributed by atoms with van der Waals surface area (Å²) in [5.41, 5.74) is 0.881. The van der Waals surface area contributed by atoms with Crippen LogP contribution >= 0.6 is 0 Å². The molecule has 27 heavy (non-hydrogen) atoms. The number of ether oxygens (including phenoxy) is 1. The molecule has 2 N–H and O–H groups in total. The summed E-state index contributed by atoms with van der Waals surface area (Å²) in [6.07, 6.45) is -1.63. The number of aliphatic hydroxyl groups is 2. The number of hydrogen-bond donors (Lipinski definition) is 2. The fourth-order valence-electron chi connectivity index (χ4n) is 3.47. The zero-order valence-corrected chi connectivity index (χ0v) is 15.6. The van der Waals surface area contributed by atoms with E-state index in [1.54, 1.807) is 51.1 Å². The minimum atomic E-state index is -0.942. The van der Waals surface area contributed by atoms with Gasteiger partial charge in [-0.2, -0.15) is 5.26 Å². The van der Waals surface area contributed by atoms with E-state index in [9.17, 15) is 19.9 Å². The topological polar surface area (TPSA) is 76.7 Å². The fourth-order valence-corrected chi connectivity index (χ4v) is 3.47. The molecule has 2 aromatic carbocycles. The lowest BCUT2D eigenvalue weighted by molar-refractivity contribution is -0.0595. The Kier molecular flexibility index (Phi) is 5.09. The van der Waals surface area contributed by atoms with Crippen LogP contribution in [0.5, 0.6) is 5.75 Å². The van der Waals surface area contributed by atoms with Crippen LogP contribution in [0, 0.1) is 17.1 Å². The number of nitriles is 1. The summed E-state index contributed by atoms with van der Waals surface area (Å²) in [5, 5.41) is 30.4. The van der Waals surface area contributed by atoms with Crippen LogP contribution in [0.3, 0.4) is 0 Å². The summed E-state index contributed by atoms with van der Waals surface area (Å²) in [5.74, 6) is 0.211. The van der Waals surface area contributed by atoms with Crippen LogP contribution in [-0.4, -0.2) is 34.6 Å². The molecule has 1 heterocycles. The molecule has 0 aromatic heterocycles. The third kappa shape index (κ3) is 3.75. The normalized spacial score (nSPS) is 21.5. The highest BCUT2D eigenvalue weighted by Crippen LogP contribution is 2.44. The maximum Gasteiger partial charge on any atom is 0.132 e. The summed E-state index contributed by atoms with van der Waals surface area (Å²) in [6.45, 7) is 5.45. The van der Waals surface area contributed by atoms with E-state index in [-0.39, 0.29) is 12.4 Å². The van der Waals surface area contributed by atoms with Gasteiger partial charge in [-0.25, -0.2) is 4.39 Å². The fraction of sp³-hybridized carbons (Fsp3) is 0.381. The lowest BCUT2D eigenvalue weighted by Gasteiger charge is -2.47. The number of hydrogen-bond acceptors (Lipinski definition) is 5. The van der Waals surface area contributed by atoms with Gasteiger partial charge in [-0.3, -0.25) is 0 Å². The first-order valence-corrected chi connectivity index (χ1v) is 8.84. The maximum atomic E-state index is 13.4. The number of fused-ring (bicyclic) bond motifs is 1. The van der Waals surface area contributed by atoms with E-state index < -0.39 is 23.9 Å². The number of benzene rings is 2. The molecular weight excluding hydrogens is 347 g/mol. The zero-order valence-electron chi connectivity index (χ0n) is 15.6. The van der Waals surface area contributed by atoms with E-state index in [1.807, 2.05) is 4.90 Å². The molecule has 5 nitrogen and oxygen atoms in total. The smallest absolute Gasteiger partial charge is 0.132 e. The Morgan fingerprint density at radius 1 is 1.26 bits per heavy atom. The van der Waals surface area contributed by atoms with Crippen LogP contribution in [0.15, 0.2) is 42.5 Å². The lowest BCUT2D eigenvalue weighted by atomic mass is 9.84. The molecule has 1 unspecified atom stereocenters. The molecule has 3 rings (SSSR count). The molecule has 0 aliphatic carbocycles. The predicted octanol–water partition coefficient (Wildman–Crippen LogP) is 3.16. The van der Waals surface area contributed by atoms with Gasteiger partial charge in [0.2, 0.25) is 0 Å². The standard InChI is InChI=1S/C21H23FN2O3/c1-13(25)12-24(16-7-5-15(22)6-8-16)19-17-10-14(11-23)4-9-18(17)27-21(2,3)20(19)26/h4-10,13,19-20,25-26H,12H2,1-3H3/t13?,19-,20+/m0/s1. The third-order valence-corrected chi connectivity index (χ3v) is 4.80. The van der Waals surface area contributed by atoms with Gasteiger partial charge < -0.3 is 19.8 Å². The van der Waals surface area contributed by atoms with Crippen LogP contribution in [-0.2, 0) is 0 Å². The number of aliphatic hydroxyl groups excluding tert-OH is 2. The minimum absolute atomic E-state index is 0.222. The monoisotopic (exact) mass is 370 g/mol. The van der Waals surface area contributed by atoms with Gasteiger partial charge in [-0.05, 0) is 63.2 Å². The Labute approximate surface area is 158 Å². The third-order valence-electron chi connectivity index (χ3n) is 4.80. The van der Waals surface area contributed by atoms with Crippen LogP contribution in [0.1, 0.15) is 37.9 Å². The summed E-state index contributed by atoms with van der Waals surface area (Å²) in [4.78, 5) is 1.83.